The second kappa shape index (κ2) is 6.80. The fourth-order valence-electron chi connectivity index (χ4n) is 1.91. The Morgan fingerprint density at radius 1 is 1.29 bits per heavy atom. The van der Waals surface area contributed by atoms with Gasteiger partial charge in [0.15, 0.2) is 0 Å². The molecule has 1 N–H and O–H groups in total. The summed E-state index contributed by atoms with van der Waals surface area (Å²) in [6.45, 7) is 5.46. The molecule has 1 aromatic carbocycles. The van der Waals surface area contributed by atoms with Crippen molar-refractivity contribution in [2.24, 2.45) is 0 Å². The normalized spacial score (nSPS) is 11.1. The van der Waals surface area contributed by atoms with E-state index >= 15 is 0 Å². The van der Waals surface area contributed by atoms with Gasteiger partial charge in [-0.1, -0.05) is 23.7 Å². The molecule has 0 aliphatic carbocycles. The molecule has 0 atom stereocenters. The lowest BCUT2D eigenvalue weighted by atomic mass is 10.1. The number of rotatable bonds is 4. The predicted octanol–water partition coefficient (Wildman–Crippen LogP) is 3.08. The van der Waals surface area contributed by atoms with Gasteiger partial charge in [-0.15, -0.1) is 0 Å². The molecule has 0 heterocycles. The Bertz CT molecular complexity index is 526. The summed E-state index contributed by atoms with van der Waals surface area (Å²) in [6, 6.07) is 6.90. The second-order valence-corrected chi connectivity index (χ2v) is 6.36. The minimum atomic E-state index is -1.03. The largest absolute Gasteiger partial charge is 0.480 e. The van der Waals surface area contributed by atoms with Crippen molar-refractivity contribution in [2.45, 2.75) is 32.9 Å². The van der Waals surface area contributed by atoms with Crippen LogP contribution in [0, 0.1) is 0 Å². The van der Waals surface area contributed by atoms with E-state index in [1.165, 1.54) is 9.80 Å². The van der Waals surface area contributed by atoms with Crippen LogP contribution in [0.1, 0.15) is 26.3 Å². The first-order chi connectivity index (χ1) is 9.61. The molecule has 0 fully saturated rings. The van der Waals surface area contributed by atoms with Crippen molar-refractivity contribution in [2.75, 3.05) is 13.6 Å². The second-order valence-electron chi connectivity index (χ2n) is 5.92. The summed E-state index contributed by atoms with van der Waals surface area (Å²) >= 11 is 5.92. The summed E-state index contributed by atoms with van der Waals surface area (Å²) in [5, 5.41) is 9.58. The van der Waals surface area contributed by atoms with E-state index in [4.69, 9.17) is 16.7 Å². The smallest absolute Gasteiger partial charge is 0.323 e. The highest BCUT2D eigenvalue weighted by Gasteiger charge is 2.30. The number of halogens is 1. The van der Waals surface area contributed by atoms with Crippen molar-refractivity contribution in [1.82, 2.24) is 9.80 Å². The fourth-order valence-corrected chi connectivity index (χ4v) is 2.12. The van der Waals surface area contributed by atoms with Crippen molar-refractivity contribution in [3.63, 3.8) is 0 Å². The zero-order valence-corrected chi connectivity index (χ0v) is 13.5. The van der Waals surface area contributed by atoms with Crippen LogP contribution in [-0.4, -0.2) is 46.0 Å². The summed E-state index contributed by atoms with van der Waals surface area (Å²) in [4.78, 5) is 26.2. The predicted molar refractivity (Wildman–Crippen MR) is 82.4 cm³/mol. The monoisotopic (exact) mass is 312 g/mol. The maximum absolute atomic E-state index is 12.5. The van der Waals surface area contributed by atoms with Crippen molar-refractivity contribution in [3.05, 3.63) is 34.9 Å². The van der Waals surface area contributed by atoms with Crippen LogP contribution in [-0.2, 0) is 11.3 Å². The molecule has 116 valence electrons. The number of hydrogen-bond donors (Lipinski definition) is 1. The van der Waals surface area contributed by atoms with Gasteiger partial charge in [0.25, 0.3) is 0 Å². The number of nitrogens with zero attached hydrogens (tertiary/aromatic N) is 2. The SMILES string of the molecule is CN(Cc1cccc(Cl)c1)C(=O)N(CC(=O)O)C(C)(C)C. The average Bonchev–Trinajstić information content (AvgIpc) is 2.33. The minimum Gasteiger partial charge on any atom is -0.480 e. The van der Waals surface area contributed by atoms with Gasteiger partial charge in [-0.05, 0) is 38.5 Å². The minimum absolute atomic E-state index is 0.329. The third-order valence-electron chi connectivity index (χ3n) is 2.97. The van der Waals surface area contributed by atoms with Crippen LogP contribution in [0.5, 0.6) is 0 Å². The molecule has 0 saturated carbocycles. The van der Waals surface area contributed by atoms with Gasteiger partial charge in [0.2, 0.25) is 0 Å². The Morgan fingerprint density at radius 3 is 2.38 bits per heavy atom. The zero-order chi connectivity index (χ0) is 16.2. The summed E-state index contributed by atoms with van der Waals surface area (Å²) < 4.78 is 0. The van der Waals surface area contributed by atoms with Crippen molar-refractivity contribution < 1.29 is 14.7 Å². The Hall–Kier alpha value is -1.75. The van der Waals surface area contributed by atoms with Gasteiger partial charge in [0.1, 0.15) is 6.54 Å². The first-order valence-corrected chi connectivity index (χ1v) is 6.98. The molecule has 0 saturated heterocycles. The third-order valence-corrected chi connectivity index (χ3v) is 3.20. The molecule has 0 aliphatic heterocycles. The van der Waals surface area contributed by atoms with Crippen LogP contribution >= 0.6 is 11.6 Å². The molecular formula is C15H21ClN2O3. The van der Waals surface area contributed by atoms with Crippen molar-refractivity contribution >= 4 is 23.6 Å². The molecule has 0 spiro atoms. The molecule has 0 aliphatic rings. The average molecular weight is 313 g/mol. The van der Waals surface area contributed by atoms with E-state index in [0.717, 1.165) is 5.56 Å². The van der Waals surface area contributed by atoms with Gasteiger partial charge in [-0.3, -0.25) is 4.79 Å². The van der Waals surface area contributed by atoms with Gasteiger partial charge < -0.3 is 14.9 Å². The Morgan fingerprint density at radius 2 is 1.90 bits per heavy atom. The third kappa shape index (κ3) is 5.27. The summed E-state index contributed by atoms with van der Waals surface area (Å²) in [5.41, 5.74) is 0.320. The molecule has 0 bridgehead atoms. The zero-order valence-electron chi connectivity index (χ0n) is 12.8. The molecule has 21 heavy (non-hydrogen) atoms. The molecule has 0 aromatic heterocycles. The van der Waals surface area contributed by atoms with Gasteiger partial charge in [0, 0.05) is 24.2 Å². The van der Waals surface area contributed by atoms with Crippen LogP contribution in [0.25, 0.3) is 0 Å². The van der Waals surface area contributed by atoms with E-state index in [1.807, 2.05) is 12.1 Å². The number of carboxylic acids is 1. The number of carboxylic acid groups (broad SMARTS) is 1. The molecule has 1 aromatic rings. The highest BCUT2D eigenvalue weighted by molar-refractivity contribution is 6.30. The lowest BCUT2D eigenvalue weighted by Crippen LogP contribution is -2.52. The standard InChI is InChI=1S/C15H21ClN2O3/c1-15(2,3)18(10-13(19)20)14(21)17(4)9-11-6-5-7-12(16)8-11/h5-8H,9-10H2,1-4H3,(H,19,20). The summed E-state index contributed by atoms with van der Waals surface area (Å²) in [6.07, 6.45) is 0. The molecule has 0 radical (unpaired) electrons. The maximum Gasteiger partial charge on any atom is 0.323 e. The lowest BCUT2D eigenvalue weighted by Gasteiger charge is -2.37. The van der Waals surface area contributed by atoms with Crippen LogP contribution in [0.2, 0.25) is 5.02 Å². The van der Waals surface area contributed by atoms with Gasteiger partial charge >= 0.3 is 12.0 Å². The number of urea groups is 1. The quantitative estimate of drug-likeness (QED) is 0.929. The summed E-state index contributed by atoms with van der Waals surface area (Å²) in [7, 11) is 1.64. The van der Waals surface area contributed by atoms with E-state index in [1.54, 1.807) is 40.0 Å². The summed E-state index contributed by atoms with van der Waals surface area (Å²) in [5.74, 6) is -1.03. The fraction of sp³-hybridized carbons (Fsp3) is 0.467. The maximum atomic E-state index is 12.5. The van der Waals surface area contributed by atoms with Gasteiger partial charge in [-0.2, -0.15) is 0 Å². The Kier molecular flexibility index (Phi) is 5.61. The highest BCUT2D eigenvalue weighted by atomic mass is 35.5. The topological polar surface area (TPSA) is 60.9 Å². The number of hydrogen-bond acceptors (Lipinski definition) is 2. The van der Waals surface area contributed by atoms with E-state index in [9.17, 15) is 9.59 Å². The molecule has 0 unspecified atom stereocenters. The molecular weight excluding hydrogens is 292 g/mol. The van der Waals surface area contributed by atoms with Crippen LogP contribution in [0.3, 0.4) is 0 Å². The Labute approximate surface area is 130 Å². The molecule has 2 amide bonds. The van der Waals surface area contributed by atoms with Crippen molar-refractivity contribution in [1.29, 1.82) is 0 Å². The van der Waals surface area contributed by atoms with E-state index < -0.39 is 11.5 Å². The molecule has 5 nitrogen and oxygen atoms in total. The van der Waals surface area contributed by atoms with Crippen molar-refractivity contribution in [3.8, 4) is 0 Å². The van der Waals surface area contributed by atoms with E-state index in [0.29, 0.717) is 11.6 Å². The Balaban J connectivity index is 2.85. The lowest BCUT2D eigenvalue weighted by molar-refractivity contribution is -0.138. The number of carbonyl (C=O) groups is 2. The number of carbonyl (C=O) groups excluding carboxylic acids is 1. The van der Waals surface area contributed by atoms with E-state index in [2.05, 4.69) is 0 Å². The van der Waals surface area contributed by atoms with Gasteiger partial charge in [-0.25, -0.2) is 4.79 Å². The van der Waals surface area contributed by atoms with E-state index in [-0.39, 0.29) is 12.6 Å². The van der Waals surface area contributed by atoms with Crippen LogP contribution < -0.4 is 0 Å². The van der Waals surface area contributed by atoms with Crippen LogP contribution in [0.4, 0.5) is 4.79 Å². The molecule has 6 heteroatoms. The van der Waals surface area contributed by atoms with Crippen LogP contribution in [0.15, 0.2) is 24.3 Å². The molecule has 1 rings (SSSR count). The highest BCUT2D eigenvalue weighted by Crippen LogP contribution is 2.17. The number of benzene rings is 1. The first-order valence-electron chi connectivity index (χ1n) is 6.60. The first kappa shape index (κ1) is 17.3. The number of amides is 2. The number of aliphatic carboxylic acids is 1. The van der Waals surface area contributed by atoms with Gasteiger partial charge in [0.05, 0.1) is 0 Å².